The molecule has 1 atom stereocenters. The van der Waals surface area contributed by atoms with Gasteiger partial charge in [0, 0.05) is 48.0 Å². The number of amides is 1. The molecule has 4 heterocycles. The molecule has 9 nitrogen and oxygen atoms in total. The van der Waals surface area contributed by atoms with E-state index in [1.54, 1.807) is 33.9 Å². The molecular formula is C32H25N7O2. The average molecular weight is 540 g/mol. The molecule has 6 rings (SSSR count). The summed E-state index contributed by atoms with van der Waals surface area (Å²) in [4.78, 5) is 36.3. The van der Waals surface area contributed by atoms with Crippen LogP contribution >= 0.6 is 0 Å². The molecule has 0 saturated carbocycles. The molecule has 6 aromatic rings. The Balaban J connectivity index is 1.48. The van der Waals surface area contributed by atoms with Crippen molar-refractivity contribution < 1.29 is 4.79 Å². The average Bonchev–Trinajstić information content (AvgIpc) is 3.40. The van der Waals surface area contributed by atoms with Crippen LogP contribution in [0.15, 0.2) is 96.3 Å². The minimum Gasteiger partial charge on any atom is -0.383 e. The van der Waals surface area contributed by atoms with E-state index in [1.165, 1.54) is 0 Å². The third-order valence-electron chi connectivity index (χ3n) is 6.83. The van der Waals surface area contributed by atoms with Gasteiger partial charge in [0.15, 0.2) is 0 Å². The first-order chi connectivity index (χ1) is 19.9. The van der Waals surface area contributed by atoms with Crippen molar-refractivity contribution in [3.63, 3.8) is 0 Å². The number of carbonyl (C=O) groups is 1. The number of benzene rings is 2. The molecule has 0 saturated heterocycles. The Hall–Kier alpha value is -5.75. The van der Waals surface area contributed by atoms with Gasteiger partial charge in [-0.3, -0.25) is 23.8 Å². The second-order valence-electron chi connectivity index (χ2n) is 9.62. The highest BCUT2D eigenvalue weighted by Crippen LogP contribution is 2.25. The van der Waals surface area contributed by atoms with Crippen LogP contribution in [0, 0.1) is 11.8 Å². The van der Waals surface area contributed by atoms with Gasteiger partial charge in [-0.05, 0) is 48.7 Å². The number of para-hydroxylation sites is 1. The van der Waals surface area contributed by atoms with E-state index < -0.39 is 11.9 Å². The lowest BCUT2D eigenvalue weighted by Gasteiger charge is -2.21. The Morgan fingerprint density at radius 2 is 1.78 bits per heavy atom. The van der Waals surface area contributed by atoms with Crippen LogP contribution in [0.5, 0.6) is 0 Å². The van der Waals surface area contributed by atoms with Crippen LogP contribution in [0.4, 0.5) is 5.82 Å². The first-order valence-electron chi connectivity index (χ1n) is 13.0. The zero-order chi connectivity index (χ0) is 28.5. The standard InChI is InChI=1S/C32H25N7O2/c1-20(37-31(40)28-29-24(10-7-15-34-29)18-35-30(28)33)26-16-23-9-6-8-22(14-13-21-17-36-38(2)19-21)27(23)32(41)39(26)25-11-4-3-5-12-25/h3-12,15-20H,1-2H3,(H2,33,35)(H,37,40). The molecule has 1 amide bonds. The molecule has 0 fully saturated rings. The van der Waals surface area contributed by atoms with E-state index in [0.717, 1.165) is 5.56 Å². The van der Waals surface area contributed by atoms with Crippen LogP contribution in [0.2, 0.25) is 0 Å². The Morgan fingerprint density at radius 1 is 0.976 bits per heavy atom. The van der Waals surface area contributed by atoms with Gasteiger partial charge in [0.2, 0.25) is 0 Å². The molecule has 0 bridgehead atoms. The lowest BCUT2D eigenvalue weighted by molar-refractivity contribution is 0.0941. The second kappa shape index (κ2) is 10.4. The van der Waals surface area contributed by atoms with Gasteiger partial charge in [-0.2, -0.15) is 5.10 Å². The molecule has 0 aliphatic carbocycles. The van der Waals surface area contributed by atoms with Crippen LogP contribution in [-0.2, 0) is 7.05 Å². The number of hydrogen-bond acceptors (Lipinski definition) is 6. The molecule has 3 N–H and O–H groups in total. The van der Waals surface area contributed by atoms with Crippen molar-refractivity contribution in [1.29, 1.82) is 0 Å². The third-order valence-corrected chi connectivity index (χ3v) is 6.83. The number of aryl methyl sites for hydroxylation is 1. The van der Waals surface area contributed by atoms with Crippen LogP contribution in [0.1, 0.15) is 40.1 Å². The number of anilines is 1. The zero-order valence-corrected chi connectivity index (χ0v) is 22.4. The number of hydrogen-bond donors (Lipinski definition) is 2. The molecule has 1 unspecified atom stereocenters. The summed E-state index contributed by atoms with van der Waals surface area (Å²) in [7, 11) is 1.82. The van der Waals surface area contributed by atoms with Gasteiger partial charge in [-0.15, -0.1) is 0 Å². The van der Waals surface area contributed by atoms with Crippen molar-refractivity contribution in [2.45, 2.75) is 13.0 Å². The van der Waals surface area contributed by atoms with Gasteiger partial charge in [0.05, 0.1) is 28.7 Å². The Bertz CT molecular complexity index is 2070. The third kappa shape index (κ3) is 4.79. The highest BCUT2D eigenvalue weighted by molar-refractivity contribution is 6.09. The monoisotopic (exact) mass is 539 g/mol. The van der Waals surface area contributed by atoms with Gasteiger partial charge in [-0.1, -0.05) is 42.2 Å². The molecular weight excluding hydrogens is 514 g/mol. The fourth-order valence-corrected chi connectivity index (χ4v) is 4.90. The maximum absolute atomic E-state index is 14.2. The van der Waals surface area contributed by atoms with Crippen LogP contribution in [-0.4, -0.2) is 30.2 Å². The van der Waals surface area contributed by atoms with Gasteiger partial charge in [0.25, 0.3) is 11.5 Å². The molecule has 0 aliphatic heterocycles. The fraction of sp³-hybridized carbons (Fsp3) is 0.0938. The summed E-state index contributed by atoms with van der Waals surface area (Å²) in [5.74, 6) is 5.89. The molecule has 4 aromatic heterocycles. The summed E-state index contributed by atoms with van der Waals surface area (Å²) in [6, 6.07) is 19.8. The Labute approximate surface area is 235 Å². The van der Waals surface area contributed by atoms with Gasteiger partial charge >= 0.3 is 0 Å². The highest BCUT2D eigenvalue weighted by atomic mass is 16.2. The number of fused-ring (bicyclic) bond motifs is 2. The SMILES string of the molecule is CC(NC(=O)c1c(N)ncc2cccnc12)c1cc2cccc(C#Cc3cnn(C)c3)c2c(=O)n1-c1ccccc1. The summed E-state index contributed by atoms with van der Waals surface area (Å²) < 4.78 is 3.29. The normalized spacial score (nSPS) is 11.7. The van der Waals surface area contributed by atoms with Crippen LogP contribution < -0.4 is 16.6 Å². The predicted molar refractivity (Wildman–Crippen MR) is 159 cm³/mol. The molecule has 2 aromatic carbocycles. The maximum Gasteiger partial charge on any atom is 0.264 e. The zero-order valence-electron chi connectivity index (χ0n) is 22.4. The molecule has 0 aliphatic rings. The van der Waals surface area contributed by atoms with Crippen molar-refractivity contribution in [2.24, 2.45) is 7.05 Å². The lowest BCUT2D eigenvalue weighted by atomic mass is 10.0. The number of nitrogen functional groups attached to an aromatic ring is 1. The summed E-state index contributed by atoms with van der Waals surface area (Å²) in [6.07, 6.45) is 6.68. The summed E-state index contributed by atoms with van der Waals surface area (Å²) >= 11 is 0. The Kier molecular flexibility index (Phi) is 6.49. The van der Waals surface area contributed by atoms with E-state index in [0.29, 0.717) is 38.6 Å². The first kappa shape index (κ1) is 25.5. The number of carbonyl (C=O) groups excluding carboxylic acids is 1. The van der Waals surface area contributed by atoms with E-state index in [4.69, 9.17) is 5.73 Å². The van der Waals surface area contributed by atoms with Crippen LogP contribution in [0.3, 0.4) is 0 Å². The number of aromatic nitrogens is 5. The second-order valence-corrected chi connectivity index (χ2v) is 9.62. The number of nitrogens with zero attached hydrogens (tertiary/aromatic N) is 5. The molecule has 9 heteroatoms. The van der Waals surface area contributed by atoms with E-state index in [-0.39, 0.29) is 16.9 Å². The number of pyridine rings is 3. The van der Waals surface area contributed by atoms with Crippen molar-refractivity contribution >= 4 is 33.4 Å². The van der Waals surface area contributed by atoms with Crippen molar-refractivity contribution in [2.75, 3.05) is 5.73 Å². The number of rotatable bonds is 4. The smallest absolute Gasteiger partial charge is 0.264 e. The highest BCUT2D eigenvalue weighted by Gasteiger charge is 2.22. The minimum atomic E-state index is -0.580. The van der Waals surface area contributed by atoms with Crippen molar-refractivity contribution in [1.82, 2.24) is 29.6 Å². The molecule has 200 valence electrons. The van der Waals surface area contributed by atoms with E-state index >= 15 is 0 Å². The molecule has 0 spiro atoms. The summed E-state index contributed by atoms with van der Waals surface area (Å²) in [6.45, 7) is 1.83. The quantitative estimate of drug-likeness (QED) is 0.325. The maximum atomic E-state index is 14.2. The predicted octanol–water partition coefficient (Wildman–Crippen LogP) is 4.14. The fourth-order valence-electron chi connectivity index (χ4n) is 4.90. The summed E-state index contributed by atoms with van der Waals surface area (Å²) in [5.41, 5.74) is 9.14. The molecule has 0 radical (unpaired) electrons. The van der Waals surface area contributed by atoms with Gasteiger partial charge in [0.1, 0.15) is 11.4 Å². The van der Waals surface area contributed by atoms with E-state index in [1.807, 2.05) is 80.8 Å². The van der Waals surface area contributed by atoms with Gasteiger partial charge < -0.3 is 11.1 Å². The van der Waals surface area contributed by atoms with Gasteiger partial charge in [-0.25, -0.2) is 4.98 Å². The topological polar surface area (TPSA) is 121 Å². The lowest BCUT2D eigenvalue weighted by Crippen LogP contribution is -2.33. The van der Waals surface area contributed by atoms with E-state index in [9.17, 15) is 9.59 Å². The number of nitrogens with two attached hydrogens (primary N) is 1. The molecule has 41 heavy (non-hydrogen) atoms. The first-order valence-corrected chi connectivity index (χ1v) is 13.0. The largest absolute Gasteiger partial charge is 0.383 e. The Morgan fingerprint density at radius 3 is 2.56 bits per heavy atom. The van der Waals surface area contributed by atoms with Crippen LogP contribution in [0.25, 0.3) is 27.4 Å². The summed E-state index contributed by atoms with van der Waals surface area (Å²) in [5, 5.41) is 9.07. The van der Waals surface area contributed by atoms with Crippen molar-refractivity contribution in [3.05, 3.63) is 124 Å². The number of nitrogens with one attached hydrogen (secondary N) is 1. The minimum absolute atomic E-state index is 0.0803. The van der Waals surface area contributed by atoms with E-state index in [2.05, 4.69) is 32.2 Å². The van der Waals surface area contributed by atoms with Crippen molar-refractivity contribution in [3.8, 4) is 17.5 Å².